The molecular formula is C32H32F4N4O6S2. The van der Waals surface area contributed by atoms with Crippen molar-refractivity contribution in [2.45, 2.75) is 54.6 Å². The molecule has 0 radical (unpaired) electrons. The Morgan fingerprint density at radius 1 is 1.08 bits per heavy atom. The third-order valence-electron chi connectivity index (χ3n) is 8.85. The second-order valence-electron chi connectivity index (χ2n) is 11.6. The van der Waals surface area contributed by atoms with E-state index in [1.54, 1.807) is 24.3 Å². The van der Waals surface area contributed by atoms with Crippen LogP contribution < -0.4 is 18.5 Å². The molecule has 0 unspecified atom stereocenters. The van der Waals surface area contributed by atoms with Gasteiger partial charge in [0.15, 0.2) is 5.60 Å². The fourth-order valence-electron chi connectivity index (χ4n) is 6.29. The van der Waals surface area contributed by atoms with Crippen LogP contribution in [0.25, 0.3) is 0 Å². The number of fused-ring (bicyclic) bond motifs is 1. The molecule has 4 aromatic rings. The maximum Gasteiger partial charge on any atom is 0.417 e. The standard InChI is InChI=1S/C32H32F4N4O6S2/c1-44-23-8-5-21(28(15-23)45-2)18-40(30-37-19-38-47-30)48(42,43)24-9-10-25-26(11-14-46-29(25)16-24)39-13-12-31(41,32(34,35)36)17-27(39)20-3-6-22(33)7-4-20/h3-10,15-16,19,26-27,41H,11-14,17-18H2,1-2H3/t26-,27+,31+/m1/s1. The van der Waals surface area contributed by atoms with Crippen LogP contribution in [0.15, 0.2) is 71.9 Å². The molecular weight excluding hydrogens is 676 g/mol. The fourth-order valence-corrected chi connectivity index (χ4v) is 8.43. The number of ether oxygens (including phenoxy) is 3. The van der Waals surface area contributed by atoms with Crippen molar-refractivity contribution in [2.75, 3.05) is 31.7 Å². The Morgan fingerprint density at radius 3 is 2.52 bits per heavy atom. The number of benzene rings is 3. The summed E-state index contributed by atoms with van der Waals surface area (Å²) in [4.78, 5) is 5.91. The predicted molar refractivity (Wildman–Crippen MR) is 168 cm³/mol. The Bertz CT molecular complexity index is 1860. The number of likely N-dealkylation sites (tertiary alicyclic amines) is 1. The lowest BCUT2D eigenvalue weighted by atomic mass is 9.81. The molecule has 0 aliphatic carbocycles. The summed E-state index contributed by atoms with van der Waals surface area (Å²) in [7, 11) is -1.29. The van der Waals surface area contributed by atoms with E-state index in [2.05, 4.69) is 9.36 Å². The zero-order valence-corrected chi connectivity index (χ0v) is 27.5. The van der Waals surface area contributed by atoms with Crippen molar-refractivity contribution >= 4 is 26.7 Å². The zero-order valence-electron chi connectivity index (χ0n) is 25.9. The first kappa shape index (κ1) is 33.9. The number of alkyl halides is 3. The van der Waals surface area contributed by atoms with Crippen molar-refractivity contribution in [2.24, 2.45) is 0 Å². The van der Waals surface area contributed by atoms with Crippen LogP contribution >= 0.6 is 11.5 Å². The Balaban J connectivity index is 1.35. The van der Waals surface area contributed by atoms with Gasteiger partial charge in [-0.15, -0.1) is 0 Å². The van der Waals surface area contributed by atoms with Crippen LogP contribution in [0.5, 0.6) is 17.2 Å². The van der Waals surface area contributed by atoms with E-state index in [4.69, 9.17) is 14.2 Å². The molecule has 10 nitrogen and oxygen atoms in total. The van der Waals surface area contributed by atoms with Gasteiger partial charge in [-0.3, -0.25) is 4.90 Å². The maximum atomic E-state index is 14.2. The third kappa shape index (κ3) is 6.41. The summed E-state index contributed by atoms with van der Waals surface area (Å²) in [5.74, 6) is 0.664. The number of nitrogens with zero attached hydrogens (tertiary/aromatic N) is 4. The van der Waals surface area contributed by atoms with Gasteiger partial charge in [0.05, 0.1) is 32.3 Å². The average Bonchev–Trinajstić information content (AvgIpc) is 3.61. The summed E-state index contributed by atoms with van der Waals surface area (Å²) in [5.41, 5.74) is -1.37. The molecule has 16 heteroatoms. The lowest BCUT2D eigenvalue weighted by Crippen LogP contribution is -2.55. The molecule has 2 aliphatic heterocycles. The number of aliphatic hydroxyl groups is 1. The third-order valence-corrected chi connectivity index (χ3v) is 11.4. The van der Waals surface area contributed by atoms with E-state index in [-0.39, 0.29) is 35.5 Å². The van der Waals surface area contributed by atoms with Gasteiger partial charge in [0.25, 0.3) is 10.0 Å². The number of sulfonamides is 1. The largest absolute Gasteiger partial charge is 0.497 e. The summed E-state index contributed by atoms with van der Waals surface area (Å²) in [6, 6.07) is 13.3. The van der Waals surface area contributed by atoms with Gasteiger partial charge in [-0.2, -0.15) is 17.5 Å². The van der Waals surface area contributed by atoms with Crippen molar-refractivity contribution in [3.63, 3.8) is 0 Å². The average molecular weight is 709 g/mol. The van der Waals surface area contributed by atoms with Crippen LogP contribution in [0.3, 0.4) is 0 Å². The number of rotatable bonds is 9. The first-order chi connectivity index (χ1) is 22.8. The summed E-state index contributed by atoms with van der Waals surface area (Å²) in [5, 5.41) is 10.8. The normalized spacial score (nSPS) is 21.6. The van der Waals surface area contributed by atoms with Gasteiger partial charge >= 0.3 is 6.18 Å². The molecule has 6 rings (SSSR count). The van der Waals surface area contributed by atoms with Crippen LogP contribution in [-0.2, 0) is 16.6 Å². The minimum atomic E-state index is -4.86. The number of hydrogen-bond acceptors (Lipinski definition) is 10. The monoisotopic (exact) mass is 708 g/mol. The van der Waals surface area contributed by atoms with E-state index in [9.17, 15) is 31.1 Å². The van der Waals surface area contributed by atoms with Crippen LogP contribution in [0, 0.1) is 5.82 Å². The molecule has 48 heavy (non-hydrogen) atoms. The topological polar surface area (TPSA) is 114 Å². The quantitative estimate of drug-likeness (QED) is 0.208. The smallest absolute Gasteiger partial charge is 0.417 e. The predicted octanol–water partition coefficient (Wildman–Crippen LogP) is 6.04. The number of aromatic nitrogens is 2. The second kappa shape index (κ2) is 13.1. The first-order valence-electron chi connectivity index (χ1n) is 14.9. The summed E-state index contributed by atoms with van der Waals surface area (Å²) in [6.45, 7) is -0.0856. The molecule has 1 aromatic heterocycles. The number of methoxy groups -OCH3 is 2. The van der Waals surface area contributed by atoms with Gasteiger partial charge in [0, 0.05) is 66.3 Å². The molecule has 1 fully saturated rings. The van der Waals surface area contributed by atoms with Gasteiger partial charge in [-0.25, -0.2) is 22.1 Å². The van der Waals surface area contributed by atoms with Gasteiger partial charge in [-0.1, -0.05) is 18.2 Å². The number of anilines is 1. The van der Waals surface area contributed by atoms with Crippen LogP contribution in [-0.4, -0.2) is 66.9 Å². The Morgan fingerprint density at radius 2 is 1.85 bits per heavy atom. The molecule has 1 N–H and O–H groups in total. The lowest BCUT2D eigenvalue weighted by molar-refractivity contribution is -0.280. The van der Waals surface area contributed by atoms with E-state index in [0.29, 0.717) is 34.6 Å². The number of piperidine rings is 1. The van der Waals surface area contributed by atoms with E-state index >= 15 is 0 Å². The molecule has 3 atom stereocenters. The highest BCUT2D eigenvalue weighted by atomic mass is 32.2. The Kier molecular flexibility index (Phi) is 9.28. The lowest BCUT2D eigenvalue weighted by Gasteiger charge is -2.48. The molecule has 0 saturated carbocycles. The molecule has 3 aromatic carbocycles. The summed E-state index contributed by atoms with van der Waals surface area (Å²) >= 11 is 0.900. The summed E-state index contributed by atoms with van der Waals surface area (Å²) in [6.07, 6.45) is -4.41. The number of halogens is 4. The highest BCUT2D eigenvalue weighted by molar-refractivity contribution is 7.93. The van der Waals surface area contributed by atoms with E-state index in [1.807, 2.05) is 4.90 Å². The second-order valence-corrected chi connectivity index (χ2v) is 14.2. The van der Waals surface area contributed by atoms with Crippen molar-refractivity contribution in [3.05, 3.63) is 89.5 Å². The van der Waals surface area contributed by atoms with Gasteiger partial charge in [-0.05, 0) is 42.3 Å². The van der Waals surface area contributed by atoms with Crippen molar-refractivity contribution in [3.8, 4) is 17.2 Å². The van der Waals surface area contributed by atoms with Gasteiger partial charge in [0.1, 0.15) is 29.4 Å². The molecule has 0 bridgehead atoms. The Labute approximate surface area is 278 Å². The van der Waals surface area contributed by atoms with Crippen molar-refractivity contribution in [1.29, 1.82) is 0 Å². The minimum Gasteiger partial charge on any atom is -0.497 e. The SMILES string of the molecule is COc1ccc(CN(c2ncns2)S(=O)(=O)c2ccc3c(c2)OCC[C@H]3N2CC[C@@](O)(C(F)(F)F)C[C@H]2c2ccc(F)cc2)c(OC)c1. The maximum absolute atomic E-state index is 14.2. The molecule has 256 valence electrons. The highest BCUT2D eigenvalue weighted by Gasteiger charge is 2.57. The molecule has 0 amide bonds. The highest BCUT2D eigenvalue weighted by Crippen LogP contribution is 2.50. The molecule has 1 saturated heterocycles. The fraction of sp³-hybridized carbons (Fsp3) is 0.375. The van der Waals surface area contributed by atoms with E-state index in [1.165, 1.54) is 56.9 Å². The van der Waals surface area contributed by atoms with Crippen LogP contribution in [0.4, 0.5) is 22.7 Å². The van der Waals surface area contributed by atoms with Gasteiger partial charge < -0.3 is 19.3 Å². The molecule has 2 aliphatic rings. The number of hydrogen-bond donors (Lipinski definition) is 1. The van der Waals surface area contributed by atoms with Crippen LogP contribution in [0.2, 0.25) is 0 Å². The molecule has 3 heterocycles. The van der Waals surface area contributed by atoms with Crippen molar-refractivity contribution < 1.29 is 45.3 Å². The summed E-state index contributed by atoms with van der Waals surface area (Å²) < 4.78 is 106. The first-order valence-corrected chi connectivity index (χ1v) is 17.1. The van der Waals surface area contributed by atoms with E-state index < -0.39 is 52.5 Å². The minimum absolute atomic E-state index is 0.0928. The van der Waals surface area contributed by atoms with Crippen molar-refractivity contribution in [1.82, 2.24) is 14.3 Å². The molecule has 0 spiro atoms. The van der Waals surface area contributed by atoms with Crippen LogP contribution in [0.1, 0.15) is 48.0 Å². The zero-order chi connectivity index (χ0) is 34.3. The Hall–Kier alpha value is -3.99. The van der Waals surface area contributed by atoms with E-state index in [0.717, 1.165) is 15.8 Å². The van der Waals surface area contributed by atoms with Gasteiger partial charge in [0.2, 0.25) is 5.13 Å².